The van der Waals surface area contributed by atoms with Gasteiger partial charge in [-0.2, -0.15) is 0 Å². The topological polar surface area (TPSA) is 58.4 Å². The number of carbonyl (C=O) groups excluding carboxylic acids is 1. The van der Waals surface area contributed by atoms with E-state index in [2.05, 4.69) is 17.2 Å². The summed E-state index contributed by atoms with van der Waals surface area (Å²) in [5.74, 6) is 5.83. The van der Waals surface area contributed by atoms with Crippen LogP contribution in [0.25, 0.3) is 0 Å². The summed E-state index contributed by atoms with van der Waals surface area (Å²) >= 11 is 1.62. The van der Waals surface area contributed by atoms with Gasteiger partial charge in [-0.3, -0.25) is 0 Å². The van der Waals surface area contributed by atoms with Gasteiger partial charge in [-0.05, 0) is 18.9 Å². The molecule has 2 amide bonds. The SMILES string of the molecule is NCC#Cc1csc(CNC(=O)N2CCCCCC2)c1. The van der Waals surface area contributed by atoms with E-state index < -0.39 is 0 Å². The van der Waals surface area contributed by atoms with Crippen LogP contribution >= 0.6 is 11.3 Å². The average molecular weight is 291 g/mol. The predicted molar refractivity (Wildman–Crippen MR) is 82.5 cm³/mol. The summed E-state index contributed by atoms with van der Waals surface area (Å²) in [6.45, 7) is 2.70. The van der Waals surface area contributed by atoms with Crippen LogP contribution in [-0.2, 0) is 6.54 Å². The first kappa shape index (κ1) is 14.9. The molecule has 1 fully saturated rings. The largest absolute Gasteiger partial charge is 0.333 e. The number of nitrogens with zero attached hydrogens (tertiary/aromatic N) is 1. The first-order chi connectivity index (χ1) is 9.79. The molecule has 1 aliphatic rings. The zero-order valence-corrected chi connectivity index (χ0v) is 12.5. The number of carbonyl (C=O) groups is 1. The number of hydrogen-bond acceptors (Lipinski definition) is 3. The third kappa shape index (κ3) is 4.55. The van der Waals surface area contributed by atoms with E-state index in [4.69, 9.17) is 5.73 Å². The Balaban J connectivity index is 1.81. The number of amides is 2. The van der Waals surface area contributed by atoms with Crippen LogP contribution in [-0.4, -0.2) is 30.6 Å². The highest BCUT2D eigenvalue weighted by atomic mass is 32.1. The molecular formula is C15H21N3OS. The summed E-state index contributed by atoms with van der Waals surface area (Å²) in [7, 11) is 0. The molecule has 0 unspecified atom stereocenters. The molecule has 0 saturated carbocycles. The summed E-state index contributed by atoms with van der Waals surface area (Å²) in [5.41, 5.74) is 6.32. The first-order valence-corrected chi connectivity index (χ1v) is 7.96. The van der Waals surface area contributed by atoms with E-state index in [1.165, 1.54) is 12.8 Å². The maximum absolute atomic E-state index is 12.1. The molecule has 1 aliphatic heterocycles. The van der Waals surface area contributed by atoms with Crippen LogP contribution in [0.2, 0.25) is 0 Å². The van der Waals surface area contributed by atoms with Crippen molar-refractivity contribution in [2.45, 2.75) is 32.2 Å². The minimum Gasteiger partial charge on any atom is -0.333 e. The van der Waals surface area contributed by atoms with Crippen LogP contribution in [0.15, 0.2) is 11.4 Å². The molecule has 1 aromatic rings. The maximum atomic E-state index is 12.1. The van der Waals surface area contributed by atoms with Crippen LogP contribution in [0, 0.1) is 11.8 Å². The third-order valence-corrected chi connectivity index (χ3v) is 4.23. The van der Waals surface area contributed by atoms with Gasteiger partial charge in [-0.25, -0.2) is 4.79 Å². The first-order valence-electron chi connectivity index (χ1n) is 7.08. The fourth-order valence-corrected chi connectivity index (χ4v) is 3.00. The molecule has 3 N–H and O–H groups in total. The lowest BCUT2D eigenvalue weighted by atomic mass is 10.2. The molecular weight excluding hydrogens is 270 g/mol. The minimum absolute atomic E-state index is 0.0508. The van der Waals surface area contributed by atoms with Crippen molar-refractivity contribution >= 4 is 17.4 Å². The smallest absolute Gasteiger partial charge is 0.317 e. The van der Waals surface area contributed by atoms with Gasteiger partial charge in [0.05, 0.1) is 13.1 Å². The Morgan fingerprint density at radius 1 is 1.35 bits per heavy atom. The zero-order valence-electron chi connectivity index (χ0n) is 11.7. The van der Waals surface area contributed by atoms with E-state index in [0.717, 1.165) is 36.4 Å². The summed E-state index contributed by atoms with van der Waals surface area (Å²) in [5, 5.41) is 4.99. The van der Waals surface area contributed by atoms with Crippen LogP contribution < -0.4 is 11.1 Å². The minimum atomic E-state index is 0.0508. The van der Waals surface area contributed by atoms with Crippen molar-refractivity contribution in [1.82, 2.24) is 10.2 Å². The molecule has 5 heteroatoms. The fourth-order valence-electron chi connectivity index (χ4n) is 2.24. The monoisotopic (exact) mass is 291 g/mol. The molecule has 2 rings (SSSR count). The molecule has 0 radical (unpaired) electrons. The Kier molecular flexibility index (Phi) is 5.90. The number of nitrogens with one attached hydrogen (secondary N) is 1. The van der Waals surface area contributed by atoms with E-state index in [0.29, 0.717) is 13.1 Å². The lowest BCUT2D eigenvalue weighted by Gasteiger charge is -2.20. The van der Waals surface area contributed by atoms with Crippen molar-refractivity contribution in [3.05, 3.63) is 21.9 Å². The number of rotatable bonds is 2. The van der Waals surface area contributed by atoms with Gasteiger partial charge in [-0.1, -0.05) is 24.7 Å². The third-order valence-electron chi connectivity index (χ3n) is 3.30. The Bertz CT molecular complexity index is 493. The van der Waals surface area contributed by atoms with E-state index in [9.17, 15) is 4.79 Å². The van der Waals surface area contributed by atoms with Gasteiger partial charge in [0.25, 0.3) is 0 Å². The Hall–Kier alpha value is -1.51. The molecule has 0 aromatic carbocycles. The molecule has 1 aromatic heterocycles. The molecule has 0 atom stereocenters. The summed E-state index contributed by atoms with van der Waals surface area (Å²) < 4.78 is 0. The lowest BCUT2D eigenvalue weighted by Crippen LogP contribution is -2.39. The number of urea groups is 1. The van der Waals surface area contributed by atoms with E-state index in [1.807, 2.05) is 16.3 Å². The number of likely N-dealkylation sites (tertiary alicyclic amines) is 1. The van der Waals surface area contributed by atoms with Gasteiger partial charge in [-0.15, -0.1) is 11.3 Å². The molecule has 0 spiro atoms. The molecule has 0 bridgehead atoms. The van der Waals surface area contributed by atoms with Crippen molar-refractivity contribution in [3.63, 3.8) is 0 Å². The Labute approximate surface area is 124 Å². The van der Waals surface area contributed by atoms with Gasteiger partial charge in [0.1, 0.15) is 0 Å². The van der Waals surface area contributed by atoms with E-state index in [-0.39, 0.29) is 6.03 Å². The summed E-state index contributed by atoms with van der Waals surface area (Å²) in [6, 6.07) is 2.06. The Morgan fingerprint density at radius 2 is 2.10 bits per heavy atom. The molecule has 0 aliphatic carbocycles. The number of thiophene rings is 1. The van der Waals surface area contributed by atoms with Crippen molar-refractivity contribution in [2.75, 3.05) is 19.6 Å². The van der Waals surface area contributed by atoms with E-state index in [1.54, 1.807) is 11.3 Å². The Morgan fingerprint density at radius 3 is 2.80 bits per heavy atom. The number of nitrogens with two attached hydrogens (primary N) is 1. The van der Waals surface area contributed by atoms with Crippen molar-refractivity contribution < 1.29 is 4.79 Å². The van der Waals surface area contributed by atoms with Crippen molar-refractivity contribution in [2.24, 2.45) is 5.73 Å². The highest BCUT2D eigenvalue weighted by Gasteiger charge is 2.14. The second-order valence-electron chi connectivity index (χ2n) is 4.87. The second-order valence-corrected chi connectivity index (χ2v) is 5.86. The van der Waals surface area contributed by atoms with Crippen LogP contribution in [0.4, 0.5) is 4.79 Å². The van der Waals surface area contributed by atoms with Gasteiger partial charge < -0.3 is 16.0 Å². The standard InChI is InChI=1S/C15H21N3OS/c16-7-5-6-13-10-14(20-12-13)11-17-15(19)18-8-3-1-2-4-9-18/h10,12H,1-4,7-9,11,16H2,(H,17,19). The highest BCUT2D eigenvalue weighted by Crippen LogP contribution is 2.14. The van der Waals surface area contributed by atoms with Crippen LogP contribution in [0.5, 0.6) is 0 Å². The number of hydrogen-bond donors (Lipinski definition) is 2. The van der Waals surface area contributed by atoms with Gasteiger partial charge >= 0.3 is 6.03 Å². The van der Waals surface area contributed by atoms with Crippen molar-refractivity contribution in [3.8, 4) is 11.8 Å². The lowest BCUT2D eigenvalue weighted by molar-refractivity contribution is 0.199. The maximum Gasteiger partial charge on any atom is 0.317 e. The van der Waals surface area contributed by atoms with E-state index >= 15 is 0 Å². The molecule has 108 valence electrons. The summed E-state index contributed by atoms with van der Waals surface area (Å²) in [6.07, 6.45) is 4.70. The normalized spacial score (nSPS) is 15.2. The molecule has 20 heavy (non-hydrogen) atoms. The molecule has 2 heterocycles. The van der Waals surface area contributed by atoms with Gasteiger partial charge in [0, 0.05) is 28.9 Å². The van der Waals surface area contributed by atoms with Gasteiger partial charge in [0.15, 0.2) is 0 Å². The van der Waals surface area contributed by atoms with Crippen LogP contribution in [0.3, 0.4) is 0 Å². The van der Waals surface area contributed by atoms with Gasteiger partial charge in [0.2, 0.25) is 0 Å². The van der Waals surface area contributed by atoms with Crippen molar-refractivity contribution in [1.29, 1.82) is 0 Å². The van der Waals surface area contributed by atoms with Crippen LogP contribution in [0.1, 0.15) is 36.1 Å². The molecule has 4 nitrogen and oxygen atoms in total. The fraction of sp³-hybridized carbons (Fsp3) is 0.533. The zero-order chi connectivity index (χ0) is 14.2. The molecule has 1 saturated heterocycles. The highest BCUT2D eigenvalue weighted by molar-refractivity contribution is 7.10. The summed E-state index contributed by atoms with van der Waals surface area (Å²) in [4.78, 5) is 15.1. The second kappa shape index (κ2) is 7.93. The average Bonchev–Trinajstić information content (AvgIpc) is 2.73. The predicted octanol–water partition coefficient (Wildman–Crippen LogP) is 2.14. The quantitative estimate of drug-likeness (QED) is 0.820.